The molecule has 0 saturated heterocycles. The monoisotopic (exact) mass is 170 g/mol. The highest BCUT2D eigenvalue weighted by atomic mass is 16.5. The molecule has 0 aromatic carbocycles. The predicted molar refractivity (Wildman–Crippen MR) is 46.1 cm³/mol. The first-order chi connectivity index (χ1) is 5.57. The molecular weight excluding hydrogens is 156 g/mol. The Labute approximate surface area is 72.2 Å². The third-order valence-corrected chi connectivity index (χ3v) is 2.22. The van der Waals surface area contributed by atoms with Gasteiger partial charge < -0.3 is 9.64 Å². The lowest BCUT2D eigenvalue weighted by Gasteiger charge is -2.21. The van der Waals surface area contributed by atoms with Crippen molar-refractivity contribution >= 4 is 11.8 Å². The van der Waals surface area contributed by atoms with E-state index in [1.54, 1.807) is 0 Å². The summed E-state index contributed by atoms with van der Waals surface area (Å²) < 4.78 is 4.67. The molecule has 12 heavy (non-hydrogen) atoms. The summed E-state index contributed by atoms with van der Waals surface area (Å²) in [5, 5.41) is 0. The van der Waals surface area contributed by atoms with E-state index in [2.05, 4.69) is 9.73 Å². The van der Waals surface area contributed by atoms with Gasteiger partial charge in [-0.1, -0.05) is 0 Å². The van der Waals surface area contributed by atoms with Gasteiger partial charge in [0.05, 0.1) is 19.0 Å². The van der Waals surface area contributed by atoms with Crippen LogP contribution in [0.2, 0.25) is 0 Å². The Balaban J connectivity index is 2.76. The van der Waals surface area contributed by atoms with E-state index in [4.69, 9.17) is 0 Å². The molecule has 0 aromatic rings. The topological polar surface area (TPSA) is 41.9 Å². The van der Waals surface area contributed by atoms with Crippen molar-refractivity contribution in [3.8, 4) is 0 Å². The molecule has 0 bridgehead atoms. The van der Waals surface area contributed by atoms with Crippen LogP contribution in [0.3, 0.4) is 0 Å². The van der Waals surface area contributed by atoms with E-state index in [-0.39, 0.29) is 18.1 Å². The predicted octanol–water partition coefficient (Wildman–Crippen LogP) is 0.280. The molecule has 2 atom stereocenters. The van der Waals surface area contributed by atoms with Gasteiger partial charge in [0, 0.05) is 7.05 Å². The van der Waals surface area contributed by atoms with Crippen LogP contribution in [-0.4, -0.2) is 42.9 Å². The maximum absolute atomic E-state index is 11.2. The van der Waals surface area contributed by atoms with Gasteiger partial charge in [-0.2, -0.15) is 0 Å². The van der Waals surface area contributed by atoms with E-state index >= 15 is 0 Å². The van der Waals surface area contributed by atoms with Gasteiger partial charge in [0.1, 0.15) is 0 Å². The maximum Gasteiger partial charge on any atom is 0.330 e. The zero-order valence-electron chi connectivity index (χ0n) is 7.87. The lowest BCUT2D eigenvalue weighted by atomic mass is 10.1. The molecule has 0 spiro atoms. The van der Waals surface area contributed by atoms with E-state index < -0.39 is 0 Å². The van der Waals surface area contributed by atoms with Crippen molar-refractivity contribution in [1.29, 1.82) is 0 Å². The average Bonchev–Trinajstić information content (AvgIpc) is 2.26. The number of nitrogens with zero attached hydrogens (tertiary/aromatic N) is 2. The normalized spacial score (nSPS) is 28.7. The van der Waals surface area contributed by atoms with Gasteiger partial charge in [-0.3, -0.25) is 4.99 Å². The number of carbonyl (C=O) groups excluding carboxylic acids is 1. The van der Waals surface area contributed by atoms with Crippen molar-refractivity contribution < 1.29 is 9.53 Å². The van der Waals surface area contributed by atoms with Crippen molar-refractivity contribution in [3.05, 3.63) is 0 Å². The molecule has 1 aliphatic rings. The molecule has 0 radical (unpaired) electrons. The van der Waals surface area contributed by atoms with Crippen molar-refractivity contribution in [3.63, 3.8) is 0 Å². The number of carbonyl (C=O) groups is 1. The fraction of sp³-hybridized carbons (Fsp3) is 0.750. The highest BCUT2D eigenvalue weighted by Crippen LogP contribution is 2.16. The maximum atomic E-state index is 11.2. The average molecular weight is 170 g/mol. The number of aliphatic imine (C=N–C) groups is 1. The molecule has 4 nitrogen and oxygen atoms in total. The molecule has 1 aliphatic heterocycles. The Kier molecular flexibility index (Phi) is 2.35. The molecule has 0 aliphatic carbocycles. The Morgan fingerprint density at radius 2 is 2.25 bits per heavy atom. The Morgan fingerprint density at radius 1 is 1.67 bits per heavy atom. The lowest BCUT2D eigenvalue weighted by molar-refractivity contribution is -0.145. The third kappa shape index (κ3) is 1.29. The summed E-state index contributed by atoms with van der Waals surface area (Å²) in [5.74, 6) is 0.670. The molecule has 0 aromatic heterocycles. The van der Waals surface area contributed by atoms with E-state index in [1.807, 2.05) is 25.8 Å². The molecule has 0 amide bonds. The second-order valence-electron chi connectivity index (χ2n) is 3.00. The highest BCUT2D eigenvalue weighted by Gasteiger charge is 2.35. The van der Waals surface area contributed by atoms with E-state index in [9.17, 15) is 4.79 Å². The van der Waals surface area contributed by atoms with Crippen LogP contribution in [0, 0.1) is 0 Å². The Hall–Kier alpha value is -1.06. The number of methoxy groups -OCH3 is 1. The summed E-state index contributed by atoms with van der Waals surface area (Å²) in [6.07, 6.45) is 0. The van der Waals surface area contributed by atoms with Crippen LogP contribution >= 0.6 is 0 Å². The first-order valence-electron chi connectivity index (χ1n) is 3.93. The molecule has 68 valence electrons. The summed E-state index contributed by atoms with van der Waals surface area (Å²) in [6.45, 7) is 3.80. The summed E-state index contributed by atoms with van der Waals surface area (Å²) in [4.78, 5) is 17.3. The zero-order chi connectivity index (χ0) is 9.30. The number of ether oxygens (including phenoxy) is 1. The molecule has 0 saturated carbocycles. The van der Waals surface area contributed by atoms with Crippen molar-refractivity contribution in [2.45, 2.75) is 25.9 Å². The van der Waals surface area contributed by atoms with E-state index in [0.29, 0.717) is 0 Å². The fourth-order valence-electron chi connectivity index (χ4n) is 1.46. The van der Waals surface area contributed by atoms with Crippen LogP contribution in [0.1, 0.15) is 13.8 Å². The van der Waals surface area contributed by atoms with Gasteiger partial charge >= 0.3 is 5.97 Å². The second kappa shape index (κ2) is 3.13. The van der Waals surface area contributed by atoms with E-state index in [1.165, 1.54) is 7.11 Å². The molecule has 0 fully saturated rings. The Morgan fingerprint density at radius 3 is 2.58 bits per heavy atom. The number of rotatable bonds is 1. The number of likely N-dealkylation sites (N-methyl/N-ethyl adjacent to an activating group) is 1. The minimum atomic E-state index is -0.241. The largest absolute Gasteiger partial charge is 0.467 e. The second-order valence-corrected chi connectivity index (χ2v) is 3.00. The van der Waals surface area contributed by atoms with Crippen LogP contribution in [0.5, 0.6) is 0 Å². The third-order valence-electron chi connectivity index (χ3n) is 2.22. The van der Waals surface area contributed by atoms with Gasteiger partial charge in [-0.25, -0.2) is 4.79 Å². The van der Waals surface area contributed by atoms with Crippen LogP contribution in [0.25, 0.3) is 0 Å². The highest BCUT2D eigenvalue weighted by molar-refractivity contribution is 5.89. The van der Waals surface area contributed by atoms with Crippen LogP contribution in [0.15, 0.2) is 4.99 Å². The van der Waals surface area contributed by atoms with Gasteiger partial charge in [0.15, 0.2) is 6.04 Å². The van der Waals surface area contributed by atoms with Crippen molar-refractivity contribution in [1.82, 2.24) is 4.90 Å². The van der Waals surface area contributed by atoms with E-state index in [0.717, 1.165) is 5.84 Å². The first kappa shape index (κ1) is 9.03. The minimum absolute atomic E-state index is 0.00227. The zero-order valence-corrected chi connectivity index (χ0v) is 7.87. The lowest BCUT2D eigenvalue weighted by Crippen LogP contribution is -2.42. The van der Waals surface area contributed by atoms with Gasteiger partial charge in [0.2, 0.25) is 0 Å². The van der Waals surface area contributed by atoms with Crippen LogP contribution in [-0.2, 0) is 9.53 Å². The first-order valence-corrected chi connectivity index (χ1v) is 3.93. The minimum Gasteiger partial charge on any atom is -0.467 e. The van der Waals surface area contributed by atoms with Crippen LogP contribution in [0.4, 0.5) is 0 Å². The van der Waals surface area contributed by atoms with Crippen molar-refractivity contribution in [2.24, 2.45) is 4.99 Å². The summed E-state index contributed by atoms with van der Waals surface area (Å²) in [6, 6.07) is -0.238. The number of hydrogen-bond donors (Lipinski definition) is 0. The number of amidine groups is 1. The summed E-state index contributed by atoms with van der Waals surface area (Å²) in [5.41, 5.74) is 0. The standard InChI is InChI=1S/C8H14N2O2/c1-5-7(8(11)12-4)10(3)6(2)9-5/h5,7H,1-4H3. The molecule has 1 rings (SSSR count). The molecule has 0 N–H and O–H groups in total. The summed E-state index contributed by atoms with van der Waals surface area (Å²) >= 11 is 0. The quantitative estimate of drug-likeness (QED) is 0.531. The summed E-state index contributed by atoms with van der Waals surface area (Å²) in [7, 11) is 3.25. The molecule has 4 heteroatoms. The molecule has 2 unspecified atom stereocenters. The molecule has 1 heterocycles. The van der Waals surface area contributed by atoms with Gasteiger partial charge in [0.25, 0.3) is 0 Å². The molecular formula is C8H14N2O2. The number of hydrogen-bond acceptors (Lipinski definition) is 4. The smallest absolute Gasteiger partial charge is 0.330 e. The van der Waals surface area contributed by atoms with Crippen LogP contribution < -0.4 is 0 Å². The van der Waals surface area contributed by atoms with Gasteiger partial charge in [-0.05, 0) is 13.8 Å². The number of esters is 1. The SMILES string of the molecule is COC(=O)C1C(C)N=C(C)N1C. The Bertz CT molecular complexity index is 225. The van der Waals surface area contributed by atoms with Gasteiger partial charge in [-0.15, -0.1) is 0 Å². The fourth-order valence-corrected chi connectivity index (χ4v) is 1.46. The van der Waals surface area contributed by atoms with Crippen molar-refractivity contribution in [2.75, 3.05) is 14.2 Å².